The largest absolute Gasteiger partial charge is 0.242 e. The van der Waals surface area contributed by atoms with Gasteiger partial charge in [0, 0.05) is 6.04 Å². The maximum atomic E-state index is 12.8. The average molecular weight is 397 g/mol. The molecule has 0 fully saturated rings. The van der Waals surface area contributed by atoms with Crippen LogP contribution in [0.5, 0.6) is 0 Å². The molecule has 0 amide bonds. The van der Waals surface area contributed by atoms with E-state index in [1.54, 1.807) is 0 Å². The predicted octanol–water partition coefficient (Wildman–Crippen LogP) is 4.63. The number of nitrogens with one attached hydrogen (secondary N) is 1. The molecule has 2 nitrogen and oxygen atoms in total. The Bertz CT molecular complexity index is 802. The lowest BCUT2D eigenvalue weighted by atomic mass is 10.2. The summed E-state index contributed by atoms with van der Waals surface area (Å²) in [6, 6.07) is 29.8. The molecule has 3 aromatic rings. The molecule has 27 heavy (non-hydrogen) atoms. The van der Waals surface area contributed by atoms with Crippen LogP contribution in [-0.4, -0.2) is 15.1 Å². The highest BCUT2D eigenvalue weighted by molar-refractivity contribution is 7.84. The fraction of sp³-hybridized carbons (Fsp3) is 0.261. The molecule has 3 rings (SSSR count). The second-order valence-corrected chi connectivity index (χ2v) is 11.8. The van der Waals surface area contributed by atoms with Crippen LogP contribution in [0.2, 0.25) is 0 Å². The van der Waals surface area contributed by atoms with E-state index in [9.17, 15) is 4.21 Å². The van der Waals surface area contributed by atoms with E-state index in [0.29, 0.717) is 0 Å². The third-order valence-corrected chi connectivity index (χ3v) is 8.58. The van der Waals surface area contributed by atoms with Crippen LogP contribution in [0.1, 0.15) is 32.4 Å². The van der Waals surface area contributed by atoms with E-state index >= 15 is 0 Å². The zero-order chi connectivity index (χ0) is 19.3. The molecule has 2 atom stereocenters. The summed E-state index contributed by atoms with van der Waals surface area (Å²) in [5, 5.41) is 2.69. The predicted molar refractivity (Wildman–Crippen MR) is 120 cm³/mol. The molecule has 1 N–H and O–H groups in total. The SMILES string of the molecule is CC(C)(C)[S@@](=O)N[C@@H](CP(c1ccccc1)c1ccccc1)[c-]1cccc1. The number of rotatable bonds is 7. The van der Waals surface area contributed by atoms with Gasteiger partial charge in [-0.05, 0) is 45.5 Å². The van der Waals surface area contributed by atoms with Crippen molar-refractivity contribution in [2.45, 2.75) is 31.6 Å². The fourth-order valence-corrected chi connectivity index (χ4v) is 6.30. The van der Waals surface area contributed by atoms with Crippen LogP contribution < -0.4 is 15.3 Å². The van der Waals surface area contributed by atoms with Crippen molar-refractivity contribution in [1.29, 1.82) is 0 Å². The Balaban J connectivity index is 1.94. The Morgan fingerprint density at radius 2 is 1.37 bits per heavy atom. The first-order chi connectivity index (χ1) is 12.9. The minimum Gasteiger partial charge on any atom is -0.242 e. The first-order valence-corrected chi connectivity index (χ1v) is 11.9. The van der Waals surface area contributed by atoms with Gasteiger partial charge in [-0.1, -0.05) is 60.7 Å². The van der Waals surface area contributed by atoms with E-state index in [4.69, 9.17) is 0 Å². The molecule has 0 aliphatic carbocycles. The summed E-state index contributed by atoms with van der Waals surface area (Å²) in [6.45, 7) is 6.03. The smallest absolute Gasteiger partial charge is 0.0966 e. The van der Waals surface area contributed by atoms with Crippen molar-refractivity contribution in [2.24, 2.45) is 0 Å². The van der Waals surface area contributed by atoms with Gasteiger partial charge in [0.2, 0.25) is 0 Å². The van der Waals surface area contributed by atoms with Crippen molar-refractivity contribution < 1.29 is 4.21 Å². The molecule has 0 unspecified atom stereocenters. The van der Waals surface area contributed by atoms with Crippen LogP contribution in [0.4, 0.5) is 0 Å². The summed E-state index contributed by atoms with van der Waals surface area (Å²) in [7, 11) is -1.68. The highest BCUT2D eigenvalue weighted by Crippen LogP contribution is 2.38. The van der Waals surface area contributed by atoms with Crippen molar-refractivity contribution in [3.63, 3.8) is 0 Å². The average Bonchev–Trinajstić information content (AvgIpc) is 3.20. The molecule has 0 saturated heterocycles. The maximum absolute atomic E-state index is 12.8. The van der Waals surface area contributed by atoms with Crippen molar-refractivity contribution in [2.75, 3.05) is 6.16 Å². The van der Waals surface area contributed by atoms with Gasteiger partial charge in [-0.15, -0.1) is 5.56 Å². The molecule has 4 heteroatoms. The van der Waals surface area contributed by atoms with Crippen LogP contribution in [0, 0.1) is 0 Å². The number of benzene rings is 2. The van der Waals surface area contributed by atoms with E-state index in [1.807, 2.05) is 20.8 Å². The molecule has 0 radical (unpaired) electrons. The maximum Gasteiger partial charge on any atom is 0.0966 e. The fourth-order valence-electron chi connectivity index (χ4n) is 2.90. The Morgan fingerprint density at radius 3 is 1.81 bits per heavy atom. The zero-order valence-electron chi connectivity index (χ0n) is 16.1. The highest BCUT2D eigenvalue weighted by Gasteiger charge is 2.25. The molecule has 0 bridgehead atoms. The van der Waals surface area contributed by atoms with Gasteiger partial charge >= 0.3 is 0 Å². The second kappa shape index (κ2) is 9.01. The Morgan fingerprint density at radius 1 is 0.889 bits per heavy atom. The lowest BCUT2D eigenvalue weighted by molar-refractivity contribution is 0.618. The third-order valence-electron chi connectivity index (χ3n) is 4.40. The van der Waals surface area contributed by atoms with Gasteiger partial charge in [0.1, 0.15) is 0 Å². The standard InChI is InChI=1S/C23H27NOPS/c1-23(2,3)27(25)24-22(19-12-10-11-13-19)18-26(20-14-6-4-7-15-20)21-16-8-5-9-17-21/h4-17,22,24H,18H2,1-3H3/q-1/t22-,27+/m0/s1. The molecule has 0 aliphatic heterocycles. The summed E-state index contributed by atoms with van der Waals surface area (Å²) in [4.78, 5) is 0. The zero-order valence-corrected chi connectivity index (χ0v) is 17.8. The topological polar surface area (TPSA) is 29.1 Å². The van der Waals surface area contributed by atoms with E-state index in [0.717, 1.165) is 6.16 Å². The van der Waals surface area contributed by atoms with E-state index in [2.05, 4.69) is 89.7 Å². The van der Waals surface area contributed by atoms with Crippen molar-refractivity contribution >= 4 is 29.5 Å². The van der Waals surface area contributed by atoms with Gasteiger partial charge < -0.3 is 0 Å². The Labute approximate surface area is 166 Å². The van der Waals surface area contributed by atoms with Gasteiger partial charge in [0.15, 0.2) is 0 Å². The van der Waals surface area contributed by atoms with Crippen molar-refractivity contribution in [1.82, 2.24) is 4.72 Å². The summed E-state index contributed by atoms with van der Waals surface area (Å²) in [5.41, 5.74) is 1.20. The van der Waals surface area contributed by atoms with Crippen LogP contribution in [0.25, 0.3) is 0 Å². The van der Waals surface area contributed by atoms with Gasteiger partial charge in [-0.25, -0.2) is 21.1 Å². The van der Waals surface area contributed by atoms with Crippen molar-refractivity contribution in [3.05, 3.63) is 90.5 Å². The highest BCUT2D eigenvalue weighted by atomic mass is 32.2. The van der Waals surface area contributed by atoms with Gasteiger partial charge in [0.05, 0.1) is 15.7 Å². The molecule has 0 heterocycles. The van der Waals surface area contributed by atoms with E-state index in [-0.39, 0.29) is 10.8 Å². The molecule has 142 valence electrons. The van der Waals surface area contributed by atoms with Gasteiger partial charge in [-0.2, -0.15) is 12.1 Å². The second-order valence-electron chi connectivity index (χ2n) is 7.55. The monoisotopic (exact) mass is 396 g/mol. The van der Waals surface area contributed by atoms with Gasteiger partial charge in [-0.3, -0.25) is 0 Å². The molecule has 3 aromatic carbocycles. The molecular weight excluding hydrogens is 369 g/mol. The van der Waals surface area contributed by atoms with Crippen LogP contribution in [0.15, 0.2) is 84.9 Å². The summed E-state index contributed by atoms with van der Waals surface area (Å²) >= 11 is 0. The van der Waals surface area contributed by atoms with Crippen LogP contribution >= 0.6 is 7.92 Å². The summed E-state index contributed by atoms with van der Waals surface area (Å²) in [5.74, 6) is 0. The third kappa shape index (κ3) is 5.42. The molecular formula is C23H27NOPS-. The van der Waals surface area contributed by atoms with Crippen LogP contribution in [0.3, 0.4) is 0 Å². The minimum atomic E-state index is -1.12. The minimum absolute atomic E-state index is 0.0478. The molecule has 0 aliphatic rings. The number of hydrogen-bond donors (Lipinski definition) is 1. The summed E-state index contributed by atoms with van der Waals surface area (Å²) in [6.07, 6.45) is 0.912. The van der Waals surface area contributed by atoms with E-state index in [1.165, 1.54) is 16.2 Å². The Kier molecular flexibility index (Phi) is 6.70. The molecule has 0 spiro atoms. The first-order valence-electron chi connectivity index (χ1n) is 9.22. The normalized spacial score (nSPS) is 14.2. The van der Waals surface area contributed by atoms with Gasteiger partial charge in [0.25, 0.3) is 0 Å². The van der Waals surface area contributed by atoms with E-state index < -0.39 is 18.9 Å². The lowest BCUT2D eigenvalue weighted by Gasteiger charge is -2.30. The van der Waals surface area contributed by atoms with Crippen LogP contribution in [-0.2, 0) is 11.0 Å². The number of hydrogen-bond acceptors (Lipinski definition) is 1. The first kappa shape index (κ1) is 20.1. The molecule has 0 aromatic heterocycles. The molecule has 0 saturated carbocycles. The lowest BCUT2D eigenvalue weighted by Crippen LogP contribution is -2.37. The quantitative estimate of drug-likeness (QED) is 0.458. The van der Waals surface area contributed by atoms with Crippen molar-refractivity contribution in [3.8, 4) is 0 Å². The summed E-state index contributed by atoms with van der Waals surface area (Å²) < 4.78 is 16.0. The Hall–Kier alpha value is -1.67.